The number of carbonyl (C=O) groups is 2. The Hall–Kier alpha value is -2.69. The zero-order valence-corrected chi connectivity index (χ0v) is 14.7. The summed E-state index contributed by atoms with van der Waals surface area (Å²) in [6, 6.07) is 11.6. The minimum atomic E-state index is -1.13. The fraction of sp³-hybridized carbons (Fsp3) is 0.350. The number of nitrogens with zero attached hydrogens (tertiary/aromatic N) is 2. The molecule has 0 fully saturated rings. The monoisotopic (exact) mass is 337 g/mol. The number of carbonyl (C=O) groups excluding carboxylic acids is 2. The van der Waals surface area contributed by atoms with Gasteiger partial charge < -0.3 is 10.2 Å². The van der Waals surface area contributed by atoms with Crippen LogP contribution in [0.4, 0.5) is 5.69 Å². The van der Waals surface area contributed by atoms with Gasteiger partial charge in [-0.25, -0.2) is 0 Å². The number of hydrogen-bond donors (Lipinski definition) is 1. The highest BCUT2D eigenvalue weighted by molar-refractivity contribution is 6.11. The van der Waals surface area contributed by atoms with Gasteiger partial charge in [0.15, 0.2) is 0 Å². The topological polar surface area (TPSA) is 62.3 Å². The maximum Gasteiger partial charge on any atom is 0.242 e. The predicted molar refractivity (Wildman–Crippen MR) is 97.0 cm³/mol. The molecule has 0 bridgehead atoms. The van der Waals surface area contributed by atoms with Crippen molar-refractivity contribution in [1.82, 2.24) is 10.3 Å². The zero-order valence-electron chi connectivity index (χ0n) is 14.7. The number of rotatable bonds is 4. The molecule has 130 valence electrons. The number of aromatic nitrogens is 1. The first-order valence-electron chi connectivity index (χ1n) is 8.57. The van der Waals surface area contributed by atoms with Crippen LogP contribution in [0, 0.1) is 5.41 Å². The van der Waals surface area contributed by atoms with Crippen molar-refractivity contribution in [2.75, 3.05) is 11.4 Å². The molecule has 2 heterocycles. The fourth-order valence-electron chi connectivity index (χ4n) is 3.08. The van der Waals surface area contributed by atoms with Crippen LogP contribution < -0.4 is 10.2 Å². The van der Waals surface area contributed by atoms with Gasteiger partial charge in [-0.15, -0.1) is 0 Å². The number of nitrogens with one attached hydrogen (secondary N) is 1. The van der Waals surface area contributed by atoms with Gasteiger partial charge in [0, 0.05) is 31.2 Å². The first-order chi connectivity index (χ1) is 12.0. The molecule has 0 radical (unpaired) electrons. The van der Waals surface area contributed by atoms with E-state index in [-0.39, 0.29) is 11.8 Å². The summed E-state index contributed by atoms with van der Waals surface area (Å²) in [7, 11) is 0. The highest BCUT2D eigenvalue weighted by Crippen LogP contribution is 2.31. The van der Waals surface area contributed by atoms with Crippen LogP contribution in [0.15, 0.2) is 48.8 Å². The van der Waals surface area contributed by atoms with E-state index in [0.29, 0.717) is 13.1 Å². The number of hydrogen-bond acceptors (Lipinski definition) is 3. The third kappa shape index (κ3) is 3.55. The molecule has 0 saturated heterocycles. The molecule has 0 aliphatic carbocycles. The lowest BCUT2D eigenvalue weighted by atomic mass is 9.88. The van der Waals surface area contributed by atoms with E-state index in [1.807, 2.05) is 36.4 Å². The molecule has 5 heteroatoms. The number of amides is 2. The molecule has 3 rings (SSSR count). The standard InChI is InChI=1S/C20H23N3O2/c1-20(2,18(24)22-14-15-9-11-21-12-10-15)19(25)23-13-5-7-16-6-3-4-8-17(16)23/h3-4,6,8-12H,5,7,13-14H2,1-2H3,(H,22,24). The Balaban J connectivity index is 1.73. The number of benzene rings is 1. The number of aryl methyl sites for hydroxylation is 1. The summed E-state index contributed by atoms with van der Waals surface area (Å²) in [5, 5.41) is 2.87. The lowest BCUT2D eigenvalue weighted by molar-refractivity contribution is -0.140. The highest BCUT2D eigenvalue weighted by atomic mass is 16.2. The summed E-state index contributed by atoms with van der Waals surface area (Å²) in [5.41, 5.74) is 1.91. The van der Waals surface area contributed by atoms with E-state index in [1.54, 1.807) is 31.1 Å². The molecule has 1 aliphatic rings. The maximum atomic E-state index is 13.1. The maximum absolute atomic E-state index is 13.1. The molecule has 0 spiro atoms. The minimum absolute atomic E-state index is 0.160. The van der Waals surface area contributed by atoms with Gasteiger partial charge in [-0.1, -0.05) is 18.2 Å². The first-order valence-corrected chi connectivity index (χ1v) is 8.57. The molecule has 1 N–H and O–H groups in total. The van der Waals surface area contributed by atoms with Gasteiger partial charge in [-0.2, -0.15) is 0 Å². The summed E-state index contributed by atoms with van der Waals surface area (Å²) in [6.07, 6.45) is 5.25. The molecule has 1 aromatic carbocycles. The summed E-state index contributed by atoms with van der Waals surface area (Å²) < 4.78 is 0. The Morgan fingerprint density at radius 2 is 1.88 bits per heavy atom. The van der Waals surface area contributed by atoms with Crippen molar-refractivity contribution < 1.29 is 9.59 Å². The summed E-state index contributed by atoms with van der Waals surface area (Å²) in [6.45, 7) is 4.41. The van der Waals surface area contributed by atoms with Crippen molar-refractivity contribution in [3.63, 3.8) is 0 Å². The van der Waals surface area contributed by atoms with Crippen LogP contribution in [0.1, 0.15) is 31.4 Å². The summed E-state index contributed by atoms with van der Waals surface area (Å²) in [5.74, 6) is -0.427. The Morgan fingerprint density at radius 1 is 1.16 bits per heavy atom. The Labute approximate surface area is 148 Å². The lowest BCUT2D eigenvalue weighted by Crippen LogP contribution is -2.50. The molecule has 2 aromatic rings. The molecule has 1 aromatic heterocycles. The second-order valence-electron chi connectivity index (χ2n) is 6.85. The normalized spacial score (nSPS) is 13.9. The number of para-hydroxylation sites is 1. The average Bonchev–Trinajstić information content (AvgIpc) is 2.65. The van der Waals surface area contributed by atoms with Gasteiger partial charge in [0.2, 0.25) is 11.8 Å². The van der Waals surface area contributed by atoms with Crippen molar-refractivity contribution in [2.24, 2.45) is 5.41 Å². The second kappa shape index (κ2) is 7.05. The van der Waals surface area contributed by atoms with E-state index in [9.17, 15) is 9.59 Å². The SMILES string of the molecule is CC(C)(C(=O)NCc1ccncc1)C(=O)N1CCCc2ccccc21. The third-order valence-electron chi connectivity index (χ3n) is 4.66. The van der Waals surface area contributed by atoms with Crippen molar-refractivity contribution in [3.05, 3.63) is 59.9 Å². The van der Waals surface area contributed by atoms with Crippen molar-refractivity contribution in [3.8, 4) is 0 Å². The largest absolute Gasteiger partial charge is 0.351 e. The van der Waals surface area contributed by atoms with Crippen LogP contribution in [-0.4, -0.2) is 23.3 Å². The molecule has 0 saturated carbocycles. The molecular formula is C20H23N3O2. The quantitative estimate of drug-likeness (QED) is 0.873. The highest BCUT2D eigenvalue weighted by Gasteiger charge is 2.40. The minimum Gasteiger partial charge on any atom is -0.351 e. The van der Waals surface area contributed by atoms with Gasteiger partial charge in [0.05, 0.1) is 0 Å². The van der Waals surface area contributed by atoms with Crippen LogP contribution in [-0.2, 0) is 22.6 Å². The summed E-state index contributed by atoms with van der Waals surface area (Å²) >= 11 is 0. The predicted octanol–water partition coefficient (Wildman–Crippen LogP) is 2.70. The Bertz CT molecular complexity index is 772. The van der Waals surface area contributed by atoms with E-state index in [2.05, 4.69) is 10.3 Å². The van der Waals surface area contributed by atoms with Crippen molar-refractivity contribution in [2.45, 2.75) is 33.2 Å². The fourth-order valence-corrected chi connectivity index (χ4v) is 3.08. The van der Waals surface area contributed by atoms with Gasteiger partial charge in [-0.3, -0.25) is 14.6 Å². The molecule has 25 heavy (non-hydrogen) atoms. The smallest absolute Gasteiger partial charge is 0.242 e. The molecular weight excluding hydrogens is 314 g/mol. The molecule has 5 nitrogen and oxygen atoms in total. The Morgan fingerprint density at radius 3 is 2.64 bits per heavy atom. The average molecular weight is 337 g/mol. The van der Waals surface area contributed by atoms with E-state index >= 15 is 0 Å². The summed E-state index contributed by atoms with van der Waals surface area (Å²) in [4.78, 5) is 31.5. The van der Waals surface area contributed by atoms with E-state index in [1.165, 1.54) is 0 Å². The molecule has 2 amide bonds. The first kappa shape index (κ1) is 17.1. The van der Waals surface area contributed by atoms with Gasteiger partial charge in [-0.05, 0) is 56.0 Å². The third-order valence-corrected chi connectivity index (χ3v) is 4.66. The lowest BCUT2D eigenvalue weighted by Gasteiger charge is -2.35. The molecule has 0 unspecified atom stereocenters. The van der Waals surface area contributed by atoms with Crippen LogP contribution in [0.5, 0.6) is 0 Å². The van der Waals surface area contributed by atoms with Crippen LogP contribution >= 0.6 is 0 Å². The number of fused-ring (bicyclic) bond motifs is 1. The molecule has 1 aliphatic heterocycles. The van der Waals surface area contributed by atoms with Gasteiger partial charge >= 0.3 is 0 Å². The van der Waals surface area contributed by atoms with E-state index in [4.69, 9.17) is 0 Å². The Kier molecular flexibility index (Phi) is 4.83. The van der Waals surface area contributed by atoms with Crippen LogP contribution in [0.25, 0.3) is 0 Å². The van der Waals surface area contributed by atoms with E-state index < -0.39 is 5.41 Å². The van der Waals surface area contributed by atoms with Gasteiger partial charge in [0.1, 0.15) is 5.41 Å². The molecule has 0 atom stereocenters. The van der Waals surface area contributed by atoms with Crippen LogP contribution in [0.3, 0.4) is 0 Å². The van der Waals surface area contributed by atoms with Crippen molar-refractivity contribution in [1.29, 1.82) is 0 Å². The van der Waals surface area contributed by atoms with E-state index in [0.717, 1.165) is 29.7 Å². The van der Waals surface area contributed by atoms with Crippen molar-refractivity contribution >= 4 is 17.5 Å². The second-order valence-corrected chi connectivity index (χ2v) is 6.85. The van der Waals surface area contributed by atoms with Gasteiger partial charge in [0.25, 0.3) is 0 Å². The number of pyridine rings is 1. The van der Waals surface area contributed by atoms with Crippen LogP contribution in [0.2, 0.25) is 0 Å². The zero-order chi connectivity index (χ0) is 17.9. The number of anilines is 1.